The zero-order valence-corrected chi connectivity index (χ0v) is 19.9. The molecule has 0 aliphatic heterocycles. The van der Waals surface area contributed by atoms with Crippen LogP contribution in [0.5, 0.6) is 0 Å². The molecule has 2 aromatic heterocycles. The Bertz CT molecular complexity index is 1560. The van der Waals surface area contributed by atoms with E-state index in [1.165, 1.54) is 11.8 Å². The smallest absolute Gasteiger partial charge is 0.347 e. The third kappa shape index (κ3) is 4.66. The maximum absolute atomic E-state index is 12.9. The van der Waals surface area contributed by atoms with Crippen molar-refractivity contribution in [3.05, 3.63) is 111 Å². The molecule has 0 aliphatic rings. The molecule has 168 valence electrons. The first-order valence-electron chi connectivity index (χ1n) is 10.3. The molecule has 8 heteroatoms. The first-order chi connectivity index (χ1) is 16.5. The number of thioether (sulfide) groups is 1. The zero-order valence-electron chi connectivity index (χ0n) is 17.6. The van der Waals surface area contributed by atoms with Crippen molar-refractivity contribution in [2.75, 3.05) is 5.75 Å². The Labute approximate surface area is 209 Å². The maximum Gasteiger partial charge on any atom is 0.347 e. The summed E-state index contributed by atoms with van der Waals surface area (Å²) in [5.74, 6) is -0.309. The van der Waals surface area contributed by atoms with E-state index in [9.17, 15) is 9.59 Å². The number of imidazole rings is 1. The number of halogens is 2. The summed E-state index contributed by atoms with van der Waals surface area (Å²) >= 11 is 13.3. The summed E-state index contributed by atoms with van der Waals surface area (Å²) in [5.41, 5.74) is 2.29. The summed E-state index contributed by atoms with van der Waals surface area (Å²) in [7, 11) is 0. The predicted octanol–water partition coefficient (Wildman–Crippen LogP) is 6.93. The second kappa shape index (κ2) is 9.50. The minimum atomic E-state index is -0.646. The molecule has 2 heterocycles. The number of ketones is 1. The number of carbonyl (C=O) groups is 1. The molecule has 0 amide bonds. The lowest BCUT2D eigenvalue weighted by atomic mass is 10.1. The van der Waals surface area contributed by atoms with Crippen LogP contribution in [0.1, 0.15) is 10.4 Å². The molecule has 0 radical (unpaired) electrons. The second-order valence-corrected chi connectivity index (χ2v) is 9.27. The van der Waals surface area contributed by atoms with Crippen molar-refractivity contribution in [1.82, 2.24) is 9.55 Å². The van der Waals surface area contributed by atoms with Crippen LogP contribution in [-0.2, 0) is 0 Å². The van der Waals surface area contributed by atoms with Gasteiger partial charge >= 0.3 is 5.63 Å². The summed E-state index contributed by atoms with van der Waals surface area (Å²) in [6.07, 6.45) is 1.89. The number of fused-ring (bicyclic) bond motifs is 1. The molecule has 5 nitrogen and oxygen atoms in total. The summed E-state index contributed by atoms with van der Waals surface area (Å²) in [6.45, 7) is 0. The van der Waals surface area contributed by atoms with E-state index >= 15 is 0 Å². The molecule has 0 aliphatic carbocycles. The molecular weight excluding hydrogens is 491 g/mol. The molecule has 0 unspecified atom stereocenters. The van der Waals surface area contributed by atoms with Crippen LogP contribution < -0.4 is 5.63 Å². The topological polar surface area (TPSA) is 65.1 Å². The van der Waals surface area contributed by atoms with E-state index in [4.69, 9.17) is 32.6 Å². The summed E-state index contributed by atoms with van der Waals surface area (Å²) in [5, 5.41) is 2.55. The van der Waals surface area contributed by atoms with Crippen molar-refractivity contribution < 1.29 is 9.21 Å². The van der Waals surface area contributed by atoms with Gasteiger partial charge in [0.25, 0.3) is 0 Å². The monoisotopic (exact) mass is 506 g/mol. The average molecular weight is 507 g/mol. The van der Waals surface area contributed by atoms with E-state index in [2.05, 4.69) is 0 Å². The van der Waals surface area contributed by atoms with Gasteiger partial charge in [-0.15, -0.1) is 0 Å². The fourth-order valence-electron chi connectivity index (χ4n) is 3.48. The Kier molecular flexibility index (Phi) is 6.28. The van der Waals surface area contributed by atoms with Crippen LogP contribution in [0.15, 0.2) is 99.4 Å². The lowest BCUT2D eigenvalue weighted by Gasteiger charge is -2.07. The van der Waals surface area contributed by atoms with Crippen molar-refractivity contribution in [3.8, 4) is 16.9 Å². The van der Waals surface area contributed by atoms with Crippen molar-refractivity contribution in [2.24, 2.45) is 0 Å². The number of para-hydroxylation sites is 1. The van der Waals surface area contributed by atoms with Crippen LogP contribution >= 0.6 is 35.0 Å². The predicted molar refractivity (Wildman–Crippen MR) is 137 cm³/mol. The molecule has 5 rings (SSSR count). The molecule has 3 aromatic carbocycles. The van der Waals surface area contributed by atoms with E-state index in [0.717, 1.165) is 16.9 Å². The SMILES string of the molecule is O=C(CSc1nc(-c2ccc(Cl)cc2)cn1-c1ccc(Cl)cc1)c1cc2ccccc2oc1=O. The number of benzene rings is 3. The third-order valence-corrected chi connectivity index (χ3v) is 6.65. The van der Waals surface area contributed by atoms with Crippen LogP contribution in [0, 0.1) is 0 Å². The van der Waals surface area contributed by atoms with Gasteiger partial charge in [-0.2, -0.15) is 0 Å². The average Bonchev–Trinajstić information content (AvgIpc) is 3.27. The Hall–Kier alpha value is -3.32. The molecule has 5 aromatic rings. The number of hydrogen-bond donors (Lipinski definition) is 0. The molecule has 0 N–H and O–H groups in total. The molecular formula is C26H16Cl2N2O3S. The van der Waals surface area contributed by atoms with Crippen LogP contribution in [0.2, 0.25) is 10.0 Å². The van der Waals surface area contributed by atoms with Crippen molar-refractivity contribution in [3.63, 3.8) is 0 Å². The number of rotatable bonds is 6. The summed E-state index contributed by atoms with van der Waals surface area (Å²) < 4.78 is 7.20. The van der Waals surface area contributed by atoms with Crippen molar-refractivity contribution in [1.29, 1.82) is 0 Å². The fourth-order valence-corrected chi connectivity index (χ4v) is 4.60. The molecule has 0 spiro atoms. The van der Waals surface area contributed by atoms with Crippen molar-refractivity contribution >= 4 is 51.7 Å². The maximum atomic E-state index is 12.9. The fraction of sp³-hybridized carbons (Fsp3) is 0.0385. The molecule has 0 atom stereocenters. The van der Waals surface area contributed by atoms with E-state index in [0.29, 0.717) is 26.2 Å². The van der Waals surface area contributed by atoms with E-state index in [-0.39, 0.29) is 17.1 Å². The third-order valence-electron chi connectivity index (χ3n) is 5.19. The Morgan fingerprint density at radius 1 is 0.941 bits per heavy atom. The van der Waals surface area contributed by atoms with Crippen LogP contribution in [-0.4, -0.2) is 21.1 Å². The van der Waals surface area contributed by atoms with E-state index in [1.807, 2.05) is 41.1 Å². The first-order valence-corrected chi connectivity index (χ1v) is 12.0. The Balaban J connectivity index is 1.47. The second-order valence-electron chi connectivity index (χ2n) is 7.46. The standard InChI is InChI=1S/C26H16Cl2N2O3S/c27-18-7-5-16(6-8-18)22-14-30(20-11-9-19(28)10-12-20)26(29-22)34-15-23(31)21-13-17-3-1-2-4-24(17)33-25(21)32/h1-14H,15H2. The van der Waals surface area contributed by atoms with E-state index < -0.39 is 5.63 Å². The normalized spacial score (nSPS) is 11.1. The van der Waals surface area contributed by atoms with Gasteiger partial charge in [0, 0.05) is 32.9 Å². The number of aromatic nitrogens is 2. The lowest BCUT2D eigenvalue weighted by Crippen LogP contribution is -2.15. The lowest BCUT2D eigenvalue weighted by molar-refractivity contribution is 0.101. The largest absolute Gasteiger partial charge is 0.422 e. The first kappa shape index (κ1) is 22.5. The van der Waals surface area contributed by atoms with Gasteiger partial charge in [-0.25, -0.2) is 9.78 Å². The van der Waals surface area contributed by atoms with Gasteiger partial charge in [-0.05, 0) is 48.5 Å². The summed E-state index contributed by atoms with van der Waals surface area (Å²) in [6, 6.07) is 23.4. The number of hydrogen-bond acceptors (Lipinski definition) is 5. The van der Waals surface area contributed by atoms with Crippen LogP contribution in [0.4, 0.5) is 0 Å². The Morgan fingerprint density at radius 2 is 1.62 bits per heavy atom. The molecule has 0 fully saturated rings. The highest BCUT2D eigenvalue weighted by atomic mass is 35.5. The van der Waals surface area contributed by atoms with Gasteiger partial charge in [-0.3, -0.25) is 9.36 Å². The molecule has 34 heavy (non-hydrogen) atoms. The Morgan fingerprint density at radius 3 is 2.35 bits per heavy atom. The highest BCUT2D eigenvalue weighted by molar-refractivity contribution is 7.99. The van der Waals surface area contributed by atoms with Gasteiger partial charge in [-0.1, -0.05) is 65.3 Å². The molecule has 0 bridgehead atoms. The van der Waals surface area contributed by atoms with Crippen LogP contribution in [0.3, 0.4) is 0 Å². The molecule has 0 saturated heterocycles. The van der Waals surface area contributed by atoms with Gasteiger partial charge in [0.2, 0.25) is 0 Å². The van der Waals surface area contributed by atoms with Gasteiger partial charge in [0.1, 0.15) is 11.1 Å². The van der Waals surface area contributed by atoms with Crippen molar-refractivity contribution in [2.45, 2.75) is 5.16 Å². The van der Waals surface area contributed by atoms with Gasteiger partial charge in [0.15, 0.2) is 10.9 Å². The van der Waals surface area contributed by atoms with Gasteiger partial charge in [0.05, 0.1) is 11.4 Å². The van der Waals surface area contributed by atoms with Gasteiger partial charge < -0.3 is 4.42 Å². The zero-order chi connectivity index (χ0) is 23.7. The van der Waals surface area contributed by atoms with Crippen LogP contribution in [0.25, 0.3) is 27.9 Å². The quantitative estimate of drug-likeness (QED) is 0.142. The van der Waals surface area contributed by atoms with E-state index in [1.54, 1.807) is 48.5 Å². The number of Topliss-reactive ketones (excluding diaryl/α,β-unsaturated/α-hetero) is 1. The number of nitrogens with zero attached hydrogens (tertiary/aromatic N) is 2. The number of carbonyl (C=O) groups excluding carboxylic acids is 1. The minimum Gasteiger partial charge on any atom is -0.422 e. The molecule has 0 saturated carbocycles. The summed E-state index contributed by atoms with van der Waals surface area (Å²) in [4.78, 5) is 30.1. The minimum absolute atomic E-state index is 0.0216. The highest BCUT2D eigenvalue weighted by Gasteiger charge is 2.18. The highest BCUT2D eigenvalue weighted by Crippen LogP contribution is 2.29.